The topological polar surface area (TPSA) is 67.1 Å². The number of aliphatic hydroxyl groups is 1. The molecule has 0 aliphatic carbocycles. The molecule has 0 aliphatic rings. The fourth-order valence-electron chi connectivity index (χ4n) is 2.31. The normalized spacial score (nSPS) is 12.9. The molecule has 98 valence electrons. The Morgan fingerprint density at radius 2 is 1.95 bits per heavy atom. The molecule has 2 heterocycles. The average molecular weight is 257 g/mol. The highest BCUT2D eigenvalue weighted by molar-refractivity contribution is 5.75. The molecule has 0 saturated carbocycles. The first kappa shape index (κ1) is 11.8. The summed E-state index contributed by atoms with van der Waals surface area (Å²) in [5.74, 6) is 0.514. The second kappa shape index (κ2) is 4.44. The quantitative estimate of drug-likeness (QED) is 0.751. The van der Waals surface area contributed by atoms with Gasteiger partial charge in [-0.25, -0.2) is 0 Å². The van der Waals surface area contributed by atoms with Crippen molar-refractivity contribution in [1.29, 1.82) is 5.41 Å². The second-order valence-electron chi connectivity index (χ2n) is 4.51. The van der Waals surface area contributed by atoms with E-state index in [1.54, 1.807) is 21.3 Å². The Kier molecular flexibility index (Phi) is 2.76. The first-order valence-electron chi connectivity index (χ1n) is 6.09. The lowest BCUT2D eigenvalue weighted by atomic mass is 10.2. The number of nitrogens with zero attached hydrogens (tertiary/aromatic N) is 2. The van der Waals surface area contributed by atoms with Gasteiger partial charge in [-0.1, -0.05) is 12.1 Å². The van der Waals surface area contributed by atoms with E-state index in [-0.39, 0.29) is 0 Å². The molecule has 0 saturated heterocycles. The van der Waals surface area contributed by atoms with Crippen LogP contribution < -0.4 is 5.62 Å². The molecule has 3 rings (SSSR count). The molecule has 5 heteroatoms. The molecule has 0 aliphatic heterocycles. The van der Waals surface area contributed by atoms with Gasteiger partial charge in [0.25, 0.3) is 0 Å². The number of hydrogen-bond donors (Lipinski definition) is 2. The zero-order valence-electron chi connectivity index (χ0n) is 10.6. The molecule has 2 aromatic heterocycles. The minimum absolute atomic E-state index is 0.299. The van der Waals surface area contributed by atoms with Gasteiger partial charge in [-0.05, 0) is 24.3 Å². The molecule has 0 unspecified atom stereocenters. The van der Waals surface area contributed by atoms with E-state index in [1.165, 1.54) is 6.26 Å². The number of aliphatic hydroxyl groups excluding tert-OH is 1. The Hall–Kier alpha value is -2.27. The summed E-state index contributed by atoms with van der Waals surface area (Å²) < 4.78 is 8.77. The largest absolute Gasteiger partial charge is 0.467 e. The monoisotopic (exact) mass is 257 g/mol. The summed E-state index contributed by atoms with van der Waals surface area (Å²) in [5, 5.41) is 18.3. The first-order valence-corrected chi connectivity index (χ1v) is 6.09. The summed E-state index contributed by atoms with van der Waals surface area (Å²) in [4.78, 5) is 0. The standard InChI is InChI=1S/C14H15N3O2/c1-16-10-5-2-3-6-11(10)17(14(16)15)9-12(18)13-7-4-8-19-13/h2-8,12,15,18H,9H2,1H3/t12-/m0/s1. The molecule has 5 nitrogen and oxygen atoms in total. The maximum atomic E-state index is 10.1. The van der Waals surface area contributed by atoms with Crippen molar-refractivity contribution in [3.05, 3.63) is 54.0 Å². The first-order chi connectivity index (χ1) is 9.18. The van der Waals surface area contributed by atoms with Crippen LogP contribution in [0.1, 0.15) is 11.9 Å². The maximum absolute atomic E-state index is 10.1. The van der Waals surface area contributed by atoms with Gasteiger partial charge >= 0.3 is 0 Å². The third-order valence-corrected chi connectivity index (χ3v) is 3.33. The molecule has 2 N–H and O–H groups in total. The Balaban J connectivity index is 2.06. The number of para-hydroxylation sites is 2. The van der Waals surface area contributed by atoms with Crippen LogP contribution in [0.15, 0.2) is 47.1 Å². The lowest BCUT2D eigenvalue weighted by Gasteiger charge is -2.09. The van der Waals surface area contributed by atoms with Crippen molar-refractivity contribution >= 4 is 11.0 Å². The number of nitrogens with one attached hydrogen (secondary N) is 1. The van der Waals surface area contributed by atoms with Gasteiger partial charge in [0.05, 0.1) is 23.8 Å². The number of hydrogen-bond acceptors (Lipinski definition) is 3. The molecule has 0 fully saturated rings. The van der Waals surface area contributed by atoms with Crippen LogP contribution in [0.4, 0.5) is 0 Å². The van der Waals surface area contributed by atoms with Gasteiger partial charge in [0.2, 0.25) is 5.62 Å². The number of benzene rings is 1. The van der Waals surface area contributed by atoms with Gasteiger partial charge < -0.3 is 18.7 Å². The van der Waals surface area contributed by atoms with Crippen molar-refractivity contribution in [2.75, 3.05) is 0 Å². The number of rotatable bonds is 3. The number of fused-ring (bicyclic) bond motifs is 1. The zero-order chi connectivity index (χ0) is 13.4. The fraction of sp³-hybridized carbons (Fsp3) is 0.214. The third-order valence-electron chi connectivity index (χ3n) is 3.33. The van der Waals surface area contributed by atoms with Gasteiger partial charge in [-0.2, -0.15) is 0 Å². The predicted octanol–water partition coefficient (Wildman–Crippen LogP) is 1.79. The summed E-state index contributed by atoms with van der Waals surface area (Å²) >= 11 is 0. The molecule has 0 radical (unpaired) electrons. The maximum Gasteiger partial charge on any atom is 0.202 e. The number of aryl methyl sites for hydroxylation is 1. The van der Waals surface area contributed by atoms with Crippen LogP contribution in [0.25, 0.3) is 11.0 Å². The molecule has 3 aromatic rings. The van der Waals surface area contributed by atoms with Gasteiger partial charge in [-0.3, -0.25) is 5.41 Å². The van der Waals surface area contributed by atoms with Gasteiger partial charge in [0.1, 0.15) is 11.9 Å². The SMILES string of the molecule is Cn1c(=N)n(C[C@H](O)c2ccco2)c2ccccc21. The molecular weight excluding hydrogens is 242 g/mol. The van der Waals surface area contributed by atoms with Crippen molar-refractivity contribution < 1.29 is 9.52 Å². The molecule has 0 bridgehead atoms. The van der Waals surface area contributed by atoms with Crippen molar-refractivity contribution in [2.24, 2.45) is 7.05 Å². The Bertz CT molecular complexity index is 753. The molecule has 1 atom stereocenters. The van der Waals surface area contributed by atoms with Crippen LogP contribution in [0.2, 0.25) is 0 Å². The van der Waals surface area contributed by atoms with Gasteiger partial charge in [-0.15, -0.1) is 0 Å². The summed E-state index contributed by atoms with van der Waals surface area (Å²) in [5.41, 5.74) is 2.26. The summed E-state index contributed by atoms with van der Waals surface area (Å²) in [6, 6.07) is 11.3. The lowest BCUT2D eigenvalue weighted by Crippen LogP contribution is -2.25. The molecule has 0 amide bonds. The van der Waals surface area contributed by atoms with Crippen LogP contribution in [0.3, 0.4) is 0 Å². The second-order valence-corrected chi connectivity index (χ2v) is 4.51. The van der Waals surface area contributed by atoms with Crippen molar-refractivity contribution in [3.8, 4) is 0 Å². The van der Waals surface area contributed by atoms with Crippen molar-refractivity contribution in [3.63, 3.8) is 0 Å². The molecular formula is C14H15N3O2. The molecule has 1 aromatic carbocycles. The third kappa shape index (κ3) is 1.88. The van der Waals surface area contributed by atoms with E-state index in [4.69, 9.17) is 9.83 Å². The van der Waals surface area contributed by atoms with E-state index in [0.717, 1.165) is 11.0 Å². The van der Waals surface area contributed by atoms with E-state index in [0.29, 0.717) is 17.9 Å². The minimum atomic E-state index is -0.755. The Morgan fingerprint density at radius 3 is 2.63 bits per heavy atom. The fourth-order valence-corrected chi connectivity index (χ4v) is 2.31. The summed E-state index contributed by atoms with van der Waals surface area (Å²) in [6.07, 6.45) is 0.781. The van der Waals surface area contributed by atoms with Crippen molar-refractivity contribution in [2.45, 2.75) is 12.6 Å². The number of imidazole rings is 1. The highest BCUT2D eigenvalue weighted by Crippen LogP contribution is 2.18. The highest BCUT2D eigenvalue weighted by Gasteiger charge is 2.15. The Labute approximate surface area is 109 Å². The zero-order valence-corrected chi connectivity index (χ0v) is 10.6. The van der Waals surface area contributed by atoms with Crippen LogP contribution in [0, 0.1) is 5.41 Å². The highest BCUT2D eigenvalue weighted by atomic mass is 16.4. The summed E-state index contributed by atoms with van der Waals surface area (Å²) in [7, 11) is 1.85. The van der Waals surface area contributed by atoms with Crippen molar-refractivity contribution in [1.82, 2.24) is 9.13 Å². The van der Waals surface area contributed by atoms with Crippen LogP contribution in [-0.2, 0) is 13.6 Å². The van der Waals surface area contributed by atoms with E-state index in [2.05, 4.69) is 0 Å². The van der Waals surface area contributed by atoms with E-state index >= 15 is 0 Å². The van der Waals surface area contributed by atoms with Gasteiger partial charge in [0.15, 0.2) is 0 Å². The van der Waals surface area contributed by atoms with Gasteiger partial charge in [0, 0.05) is 7.05 Å². The summed E-state index contributed by atoms with van der Waals surface area (Å²) in [6.45, 7) is 0.299. The smallest absolute Gasteiger partial charge is 0.202 e. The molecule has 0 spiro atoms. The van der Waals surface area contributed by atoms with E-state index < -0.39 is 6.10 Å². The Morgan fingerprint density at radius 1 is 1.21 bits per heavy atom. The minimum Gasteiger partial charge on any atom is -0.467 e. The van der Waals surface area contributed by atoms with E-state index in [9.17, 15) is 5.11 Å². The lowest BCUT2D eigenvalue weighted by molar-refractivity contribution is 0.130. The average Bonchev–Trinajstić information content (AvgIpc) is 3.03. The van der Waals surface area contributed by atoms with E-state index in [1.807, 2.05) is 31.3 Å². The van der Waals surface area contributed by atoms with Crippen LogP contribution in [-0.4, -0.2) is 14.2 Å². The predicted molar refractivity (Wildman–Crippen MR) is 70.4 cm³/mol. The number of furan rings is 1. The molecule has 19 heavy (non-hydrogen) atoms. The van der Waals surface area contributed by atoms with Crippen LogP contribution in [0.5, 0.6) is 0 Å². The van der Waals surface area contributed by atoms with Crippen LogP contribution >= 0.6 is 0 Å². The number of aromatic nitrogens is 2.